The number of amides is 2. The highest BCUT2D eigenvalue weighted by molar-refractivity contribution is 7.99. The molecular formula is C8H15F3N2OS. The van der Waals surface area contributed by atoms with Crippen LogP contribution in [0, 0.1) is 0 Å². The fourth-order valence-corrected chi connectivity index (χ4v) is 1.46. The van der Waals surface area contributed by atoms with Crippen molar-refractivity contribution in [2.24, 2.45) is 0 Å². The number of carbonyl (C=O) groups excluding carboxylic acids is 1. The summed E-state index contributed by atoms with van der Waals surface area (Å²) >= 11 is 1.62. The van der Waals surface area contributed by atoms with Crippen molar-refractivity contribution in [2.45, 2.75) is 26.1 Å². The Balaban J connectivity index is 3.64. The summed E-state index contributed by atoms with van der Waals surface area (Å²) in [6.07, 6.45) is -4.36. The molecule has 0 radical (unpaired) electrons. The fraction of sp³-hybridized carbons (Fsp3) is 0.875. The Morgan fingerprint density at radius 3 is 2.53 bits per heavy atom. The summed E-state index contributed by atoms with van der Waals surface area (Å²) in [6, 6.07) is -0.917. The van der Waals surface area contributed by atoms with Crippen LogP contribution in [0.1, 0.15) is 13.8 Å². The first-order valence-electron chi connectivity index (χ1n) is 4.54. The number of urea groups is 1. The normalized spacial score (nSPS) is 13.4. The van der Waals surface area contributed by atoms with Gasteiger partial charge in [0.05, 0.1) is 0 Å². The maximum Gasteiger partial charge on any atom is 0.405 e. The van der Waals surface area contributed by atoms with Gasteiger partial charge in [0, 0.05) is 11.8 Å². The minimum absolute atomic E-state index is 0.136. The molecule has 0 saturated carbocycles. The van der Waals surface area contributed by atoms with Gasteiger partial charge >= 0.3 is 12.2 Å². The molecule has 3 nitrogen and oxygen atoms in total. The average molecular weight is 244 g/mol. The second-order valence-corrected chi connectivity index (χ2v) is 4.32. The van der Waals surface area contributed by atoms with Crippen molar-refractivity contribution in [1.82, 2.24) is 10.6 Å². The van der Waals surface area contributed by atoms with Gasteiger partial charge in [0.25, 0.3) is 0 Å². The van der Waals surface area contributed by atoms with Crippen LogP contribution < -0.4 is 10.6 Å². The first kappa shape index (κ1) is 14.4. The fourth-order valence-electron chi connectivity index (χ4n) is 0.792. The lowest BCUT2D eigenvalue weighted by Gasteiger charge is -2.14. The highest BCUT2D eigenvalue weighted by atomic mass is 32.2. The van der Waals surface area contributed by atoms with Crippen LogP contribution in [0.15, 0.2) is 0 Å². The van der Waals surface area contributed by atoms with Gasteiger partial charge in [0.1, 0.15) is 6.54 Å². The third-order valence-corrected chi connectivity index (χ3v) is 2.54. The van der Waals surface area contributed by atoms with Crippen molar-refractivity contribution in [2.75, 3.05) is 18.1 Å². The van der Waals surface area contributed by atoms with Crippen molar-refractivity contribution >= 4 is 17.8 Å². The lowest BCUT2D eigenvalue weighted by molar-refractivity contribution is -0.122. The molecule has 0 aliphatic heterocycles. The Kier molecular flexibility index (Phi) is 6.55. The van der Waals surface area contributed by atoms with Gasteiger partial charge in [-0.05, 0) is 12.7 Å². The maximum absolute atomic E-state index is 11.7. The van der Waals surface area contributed by atoms with Gasteiger partial charge in [-0.2, -0.15) is 24.9 Å². The molecule has 2 amide bonds. The SMILES string of the molecule is CCSCC(C)NC(=O)NCC(F)(F)F. The van der Waals surface area contributed by atoms with Gasteiger partial charge in [-0.25, -0.2) is 4.79 Å². The molecule has 0 aromatic rings. The molecule has 90 valence electrons. The van der Waals surface area contributed by atoms with Crippen molar-refractivity contribution in [3.63, 3.8) is 0 Å². The van der Waals surface area contributed by atoms with Crippen LogP contribution in [-0.4, -0.2) is 36.3 Å². The van der Waals surface area contributed by atoms with Crippen LogP contribution in [0.2, 0.25) is 0 Å². The number of hydrogen-bond acceptors (Lipinski definition) is 2. The molecule has 15 heavy (non-hydrogen) atoms. The zero-order valence-electron chi connectivity index (χ0n) is 8.65. The Hall–Kier alpha value is -0.590. The summed E-state index contributed by atoms with van der Waals surface area (Å²) in [5.74, 6) is 1.60. The molecule has 0 bridgehead atoms. The number of thioether (sulfide) groups is 1. The van der Waals surface area contributed by atoms with Crippen molar-refractivity contribution < 1.29 is 18.0 Å². The number of halogens is 3. The molecule has 1 unspecified atom stereocenters. The van der Waals surface area contributed by atoms with E-state index in [1.54, 1.807) is 24.0 Å². The van der Waals surface area contributed by atoms with Gasteiger partial charge in [-0.3, -0.25) is 0 Å². The topological polar surface area (TPSA) is 41.1 Å². The Bertz CT molecular complexity index is 199. The zero-order chi connectivity index (χ0) is 11.9. The predicted octanol–water partition coefficient (Wildman–Crippen LogP) is 1.99. The zero-order valence-corrected chi connectivity index (χ0v) is 9.47. The molecule has 0 spiro atoms. The van der Waals surface area contributed by atoms with Crippen LogP contribution in [0.25, 0.3) is 0 Å². The highest BCUT2D eigenvalue weighted by Gasteiger charge is 2.27. The highest BCUT2D eigenvalue weighted by Crippen LogP contribution is 2.11. The largest absolute Gasteiger partial charge is 0.405 e. The van der Waals surface area contributed by atoms with E-state index in [0.717, 1.165) is 5.75 Å². The van der Waals surface area contributed by atoms with E-state index in [-0.39, 0.29) is 6.04 Å². The number of nitrogens with one attached hydrogen (secondary N) is 2. The van der Waals surface area contributed by atoms with Gasteiger partial charge in [0.15, 0.2) is 0 Å². The molecule has 0 saturated heterocycles. The second kappa shape index (κ2) is 6.81. The van der Waals surface area contributed by atoms with Gasteiger partial charge in [-0.1, -0.05) is 6.92 Å². The molecule has 0 aliphatic rings. The second-order valence-electron chi connectivity index (χ2n) is 3.00. The quantitative estimate of drug-likeness (QED) is 0.776. The van der Waals surface area contributed by atoms with Gasteiger partial charge < -0.3 is 10.6 Å². The van der Waals surface area contributed by atoms with E-state index in [4.69, 9.17) is 0 Å². The summed E-state index contributed by atoms with van der Waals surface area (Å²) in [7, 11) is 0. The van der Waals surface area contributed by atoms with E-state index in [1.807, 2.05) is 6.92 Å². The first-order chi connectivity index (χ1) is 6.85. The van der Waals surface area contributed by atoms with Crippen LogP contribution in [0.3, 0.4) is 0 Å². The lowest BCUT2D eigenvalue weighted by atomic mass is 10.4. The molecule has 1 atom stereocenters. The molecule has 0 rings (SSSR count). The van der Waals surface area contributed by atoms with Crippen LogP contribution >= 0.6 is 11.8 Å². The molecule has 0 aromatic heterocycles. The predicted molar refractivity (Wildman–Crippen MR) is 55.1 cm³/mol. The summed E-state index contributed by atoms with van der Waals surface area (Å²) < 4.78 is 35.1. The Morgan fingerprint density at radius 1 is 1.47 bits per heavy atom. The van der Waals surface area contributed by atoms with Gasteiger partial charge in [0.2, 0.25) is 0 Å². The van der Waals surface area contributed by atoms with Crippen molar-refractivity contribution in [3.8, 4) is 0 Å². The minimum atomic E-state index is -4.36. The van der Waals surface area contributed by atoms with Crippen LogP contribution in [-0.2, 0) is 0 Å². The van der Waals surface area contributed by atoms with E-state index in [1.165, 1.54) is 0 Å². The minimum Gasteiger partial charge on any atom is -0.335 e. The molecule has 0 aromatic carbocycles. The number of hydrogen-bond donors (Lipinski definition) is 2. The summed E-state index contributed by atoms with van der Waals surface area (Å²) in [4.78, 5) is 10.9. The maximum atomic E-state index is 11.7. The number of carbonyl (C=O) groups is 1. The molecule has 0 heterocycles. The molecule has 0 aliphatic carbocycles. The number of alkyl halides is 3. The lowest BCUT2D eigenvalue weighted by Crippen LogP contribution is -2.45. The van der Waals surface area contributed by atoms with E-state index in [9.17, 15) is 18.0 Å². The summed E-state index contributed by atoms with van der Waals surface area (Å²) in [5.41, 5.74) is 0. The van der Waals surface area contributed by atoms with E-state index >= 15 is 0 Å². The Labute approximate surface area is 91.2 Å². The van der Waals surface area contributed by atoms with Gasteiger partial charge in [-0.15, -0.1) is 0 Å². The van der Waals surface area contributed by atoms with Crippen LogP contribution in [0.4, 0.5) is 18.0 Å². The molecule has 0 fully saturated rings. The van der Waals surface area contributed by atoms with Crippen molar-refractivity contribution in [3.05, 3.63) is 0 Å². The third kappa shape index (κ3) is 9.71. The average Bonchev–Trinajstić information content (AvgIpc) is 2.10. The molecule has 2 N–H and O–H groups in total. The first-order valence-corrected chi connectivity index (χ1v) is 5.69. The van der Waals surface area contributed by atoms with Crippen LogP contribution in [0.5, 0.6) is 0 Å². The summed E-state index contributed by atoms with van der Waals surface area (Å²) in [5, 5.41) is 4.16. The number of rotatable bonds is 5. The molecule has 7 heteroatoms. The standard InChI is InChI=1S/C8H15F3N2OS/c1-3-15-4-6(2)13-7(14)12-5-8(9,10)11/h6H,3-5H2,1-2H3,(H2,12,13,14). The smallest absolute Gasteiger partial charge is 0.335 e. The third-order valence-electron chi connectivity index (χ3n) is 1.40. The molecular weight excluding hydrogens is 229 g/mol. The van der Waals surface area contributed by atoms with E-state index in [2.05, 4.69) is 5.32 Å². The van der Waals surface area contributed by atoms with Crippen molar-refractivity contribution in [1.29, 1.82) is 0 Å². The van der Waals surface area contributed by atoms with E-state index < -0.39 is 18.8 Å². The summed E-state index contributed by atoms with van der Waals surface area (Å²) in [6.45, 7) is 2.42. The van der Waals surface area contributed by atoms with E-state index in [0.29, 0.717) is 5.75 Å². The Morgan fingerprint density at radius 2 is 2.07 bits per heavy atom. The monoisotopic (exact) mass is 244 g/mol.